The average Bonchev–Trinajstić information content (AvgIpc) is 2.87. The number of β-amino-alcohol motifs (C(OH)–C–C–N with tert-alkyl or cyclic N) is 1. The second-order valence-electron chi connectivity index (χ2n) is 9.38. The first-order valence-electron chi connectivity index (χ1n) is 12.0. The lowest BCUT2D eigenvalue weighted by Crippen LogP contribution is -2.52. The fourth-order valence-corrected chi connectivity index (χ4v) is 5.03. The molecule has 0 radical (unpaired) electrons. The van der Waals surface area contributed by atoms with Crippen LogP contribution in [-0.4, -0.2) is 59.5 Å². The van der Waals surface area contributed by atoms with Gasteiger partial charge in [-0.2, -0.15) is 13.2 Å². The topological polar surface area (TPSA) is 69.1 Å². The molecule has 0 saturated carbocycles. The van der Waals surface area contributed by atoms with E-state index < -0.39 is 17.5 Å². The summed E-state index contributed by atoms with van der Waals surface area (Å²) < 4.78 is 44.3. The van der Waals surface area contributed by atoms with Crippen LogP contribution in [0.25, 0.3) is 0 Å². The number of pyridine rings is 1. The summed E-state index contributed by atoms with van der Waals surface area (Å²) in [6.45, 7) is 3.49. The lowest BCUT2D eigenvalue weighted by molar-refractivity contribution is -0.141. The maximum absolute atomic E-state index is 12.9. The number of aromatic nitrogens is 1. The van der Waals surface area contributed by atoms with Gasteiger partial charge in [-0.15, -0.1) is 0 Å². The van der Waals surface area contributed by atoms with Crippen molar-refractivity contribution in [3.63, 3.8) is 0 Å². The first-order valence-corrected chi connectivity index (χ1v) is 12.8. The van der Waals surface area contributed by atoms with E-state index in [0.717, 1.165) is 23.5 Å². The number of aliphatic hydroxyl groups is 2. The molecule has 0 unspecified atom stereocenters. The summed E-state index contributed by atoms with van der Waals surface area (Å²) in [6, 6.07) is 14.9. The first kappa shape index (κ1) is 28.4. The number of hydrogen-bond acceptors (Lipinski definition) is 6. The van der Waals surface area contributed by atoms with Gasteiger partial charge in [-0.25, -0.2) is 0 Å². The number of anilines is 1. The summed E-state index contributed by atoms with van der Waals surface area (Å²) in [6.07, 6.45) is -3.47. The van der Waals surface area contributed by atoms with E-state index >= 15 is 0 Å². The Morgan fingerprint density at radius 3 is 2.39 bits per heavy atom. The highest BCUT2D eigenvalue weighted by Gasteiger charge is 2.36. The standard InChI is InChI=1S/C27H28Cl2F3N3O3/c1-26(37,19-4-9-25(33-15-19)27(30,31)32)17-34-10-11-35(24(16-34)18-2-5-20(28)6-3-18)23-8-7-21(14-22(23)29)38-13-12-36/h2-9,14-15,24,36-37H,10-13,16-17H2,1H3/t24-,26+/m0/s1. The molecule has 2 N–H and O–H groups in total. The minimum absolute atomic E-state index is 0.105. The van der Waals surface area contributed by atoms with Crippen molar-refractivity contribution < 1.29 is 28.1 Å². The van der Waals surface area contributed by atoms with Crippen molar-refractivity contribution in [1.82, 2.24) is 9.88 Å². The number of halogens is 5. The number of aliphatic hydroxyl groups excluding tert-OH is 1. The Hall–Kier alpha value is -2.56. The smallest absolute Gasteiger partial charge is 0.433 e. The van der Waals surface area contributed by atoms with Gasteiger partial charge >= 0.3 is 6.18 Å². The van der Waals surface area contributed by atoms with Gasteiger partial charge in [0, 0.05) is 49.0 Å². The zero-order valence-corrected chi connectivity index (χ0v) is 22.1. The molecule has 0 bridgehead atoms. The Morgan fingerprint density at radius 2 is 1.79 bits per heavy atom. The van der Waals surface area contributed by atoms with Gasteiger partial charge in [-0.1, -0.05) is 41.4 Å². The fourth-order valence-electron chi connectivity index (χ4n) is 4.62. The van der Waals surface area contributed by atoms with Crippen LogP contribution in [0.2, 0.25) is 10.0 Å². The van der Waals surface area contributed by atoms with Crippen LogP contribution in [0.4, 0.5) is 18.9 Å². The quantitative estimate of drug-likeness (QED) is 0.371. The van der Waals surface area contributed by atoms with Gasteiger partial charge in [0.15, 0.2) is 0 Å². The normalized spacial score (nSPS) is 18.3. The summed E-state index contributed by atoms with van der Waals surface area (Å²) in [5, 5.41) is 21.3. The molecule has 3 aromatic rings. The monoisotopic (exact) mass is 569 g/mol. The second kappa shape index (κ2) is 11.7. The van der Waals surface area contributed by atoms with E-state index in [9.17, 15) is 18.3 Å². The highest BCUT2D eigenvalue weighted by Crippen LogP contribution is 2.38. The molecule has 1 fully saturated rings. The number of alkyl halides is 3. The molecule has 2 aromatic carbocycles. The van der Waals surface area contributed by atoms with Gasteiger partial charge < -0.3 is 19.8 Å². The van der Waals surface area contributed by atoms with Crippen molar-refractivity contribution in [1.29, 1.82) is 0 Å². The number of benzene rings is 2. The Morgan fingerprint density at radius 1 is 1.05 bits per heavy atom. The summed E-state index contributed by atoms with van der Waals surface area (Å²) in [5.41, 5.74) is -0.323. The molecule has 1 aliphatic heterocycles. The summed E-state index contributed by atoms with van der Waals surface area (Å²) in [7, 11) is 0. The predicted molar refractivity (Wildman–Crippen MR) is 141 cm³/mol. The lowest BCUT2D eigenvalue weighted by atomic mass is 9.94. The maximum Gasteiger partial charge on any atom is 0.433 e. The number of hydrogen-bond donors (Lipinski definition) is 2. The van der Waals surface area contributed by atoms with Crippen LogP contribution in [-0.2, 0) is 11.8 Å². The summed E-state index contributed by atoms with van der Waals surface area (Å²) >= 11 is 12.8. The molecule has 1 aliphatic rings. The minimum atomic E-state index is -4.54. The number of piperazine rings is 1. The third-order valence-corrected chi connectivity index (χ3v) is 7.07. The number of nitrogens with zero attached hydrogens (tertiary/aromatic N) is 3. The summed E-state index contributed by atoms with van der Waals surface area (Å²) in [4.78, 5) is 7.75. The third-order valence-electron chi connectivity index (χ3n) is 6.52. The Labute approximate surface area is 229 Å². The van der Waals surface area contributed by atoms with Crippen molar-refractivity contribution in [2.24, 2.45) is 0 Å². The van der Waals surface area contributed by atoms with Crippen molar-refractivity contribution in [2.75, 3.05) is 44.3 Å². The van der Waals surface area contributed by atoms with Crippen LogP contribution >= 0.6 is 23.2 Å². The van der Waals surface area contributed by atoms with E-state index in [1.54, 1.807) is 19.1 Å². The SMILES string of the molecule is C[C@@](O)(CN1CCN(c2ccc(OCCO)cc2Cl)[C@H](c2ccc(Cl)cc2)C1)c1ccc(C(F)(F)F)nc1. The Kier molecular flexibility index (Phi) is 8.74. The van der Waals surface area contributed by atoms with Crippen molar-refractivity contribution in [3.8, 4) is 5.75 Å². The highest BCUT2D eigenvalue weighted by molar-refractivity contribution is 6.33. The van der Waals surface area contributed by atoms with Crippen molar-refractivity contribution >= 4 is 28.9 Å². The number of ether oxygens (including phenoxy) is 1. The van der Waals surface area contributed by atoms with Crippen LogP contribution in [0.5, 0.6) is 5.75 Å². The third kappa shape index (κ3) is 6.71. The van der Waals surface area contributed by atoms with Crippen molar-refractivity contribution in [3.05, 3.63) is 87.7 Å². The molecular weight excluding hydrogens is 542 g/mol. The summed E-state index contributed by atoms with van der Waals surface area (Å²) in [5.74, 6) is 0.552. The molecule has 38 heavy (non-hydrogen) atoms. The fraction of sp³-hybridized carbons (Fsp3) is 0.370. The molecule has 204 valence electrons. The molecule has 2 heterocycles. The van der Waals surface area contributed by atoms with Crippen molar-refractivity contribution in [2.45, 2.75) is 24.7 Å². The molecule has 11 heteroatoms. The predicted octanol–water partition coefficient (Wildman–Crippen LogP) is 5.55. The molecule has 4 rings (SSSR count). The molecular formula is C27H28Cl2F3N3O3. The van der Waals surface area contributed by atoms with Crippen LogP contribution in [0.3, 0.4) is 0 Å². The minimum Gasteiger partial charge on any atom is -0.491 e. The largest absolute Gasteiger partial charge is 0.491 e. The zero-order valence-electron chi connectivity index (χ0n) is 20.6. The van der Waals surface area contributed by atoms with E-state index in [2.05, 4.69) is 14.8 Å². The highest BCUT2D eigenvalue weighted by atomic mass is 35.5. The molecule has 2 atom stereocenters. The number of rotatable bonds is 8. The van der Waals surface area contributed by atoms with E-state index in [4.69, 9.17) is 33.0 Å². The molecule has 0 amide bonds. The first-order chi connectivity index (χ1) is 18.0. The maximum atomic E-state index is 12.9. The van der Waals surface area contributed by atoms with Crippen LogP contribution < -0.4 is 9.64 Å². The van der Waals surface area contributed by atoms with Crippen LogP contribution in [0, 0.1) is 0 Å². The van der Waals surface area contributed by atoms with Crippen LogP contribution in [0.15, 0.2) is 60.8 Å². The van der Waals surface area contributed by atoms with Gasteiger partial charge in [0.2, 0.25) is 0 Å². The van der Waals surface area contributed by atoms with Gasteiger partial charge in [0.25, 0.3) is 0 Å². The Bertz CT molecular complexity index is 1220. The molecule has 0 aliphatic carbocycles. The molecule has 1 aromatic heterocycles. The van der Waals surface area contributed by atoms with E-state index in [1.807, 2.05) is 30.3 Å². The molecule has 1 saturated heterocycles. The van der Waals surface area contributed by atoms with Gasteiger partial charge in [0.1, 0.15) is 23.7 Å². The van der Waals surface area contributed by atoms with Gasteiger partial charge in [-0.3, -0.25) is 9.88 Å². The van der Waals surface area contributed by atoms with Gasteiger partial charge in [-0.05, 0) is 42.8 Å². The lowest BCUT2D eigenvalue weighted by Gasteiger charge is -2.45. The molecule has 0 spiro atoms. The van der Waals surface area contributed by atoms with Crippen LogP contribution in [0.1, 0.15) is 29.8 Å². The zero-order chi connectivity index (χ0) is 27.5. The van der Waals surface area contributed by atoms with E-state index in [0.29, 0.717) is 41.0 Å². The van der Waals surface area contributed by atoms with E-state index in [1.165, 1.54) is 6.07 Å². The second-order valence-corrected chi connectivity index (χ2v) is 10.2. The molecule has 6 nitrogen and oxygen atoms in total. The average molecular weight is 570 g/mol. The Balaban J connectivity index is 1.57. The van der Waals surface area contributed by atoms with Gasteiger partial charge in [0.05, 0.1) is 23.4 Å². The van der Waals surface area contributed by atoms with E-state index in [-0.39, 0.29) is 25.8 Å².